The zero-order chi connectivity index (χ0) is 22.5. The lowest BCUT2D eigenvalue weighted by Crippen LogP contribution is -2.50. The third-order valence-corrected chi connectivity index (χ3v) is 5.29. The molecule has 9 heteroatoms. The number of likely N-dealkylation sites (tertiary alicyclic amines) is 1. The minimum Gasteiger partial charge on any atom is -0.356 e. The predicted octanol–water partition coefficient (Wildman–Crippen LogP) is 1.46. The maximum Gasteiger partial charge on any atom is 0.243 e. The van der Waals surface area contributed by atoms with Crippen LogP contribution in [0.1, 0.15) is 31.7 Å². The van der Waals surface area contributed by atoms with Gasteiger partial charge in [-0.15, -0.1) is 24.0 Å². The first-order valence-corrected chi connectivity index (χ1v) is 11.3. The van der Waals surface area contributed by atoms with E-state index in [2.05, 4.69) is 44.9 Å². The van der Waals surface area contributed by atoms with Crippen molar-refractivity contribution < 1.29 is 9.59 Å². The second kappa shape index (κ2) is 15.8. The second-order valence-electron chi connectivity index (χ2n) is 8.16. The molecule has 0 saturated carbocycles. The number of piperidine rings is 1. The Balaban J connectivity index is 0.00000512. The summed E-state index contributed by atoms with van der Waals surface area (Å²) in [6, 6.07) is 10.6. The zero-order valence-corrected chi connectivity index (χ0v) is 21.9. The highest BCUT2D eigenvalue weighted by molar-refractivity contribution is 14.0. The fourth-order valence-corrected chi connectivity index (χ4v) is 3.36. The number of carbonyl (C=O) groups excluding carboxylic acids is 2. The Hall–Kier alpha value is -1.88. The van der Waals surface area contributed by atoms with Crippen LogP contribution in [0.15, 0.2) is 35.3 Å². The topological polar surface area (TPSA) is 89.1 Å². The average Bonchev–Trinajstić information content (AvgIpc) is 2.77. The normalized spacial score (nSPS) is 14.9. The fraction of sp³-hybridized carbons (Fsp3) is 0.609. The lowest BCUT2D eigenvalue weighted by Gasteiger charge is -2.32. The molecular weight excluding hydrogens is 519 g/mol. The summed E-state index contributed by atoms with van der Waals surface area (Å²) in [6.07, 6.45) is 3.70. The van der Waals surface area contributed by atoms with E-state index >= 15 is 0 Å². The molecule has 0 aliphatic carbocycles. The van der Waals surface area contributed by atoms with E-state index in [1.54, 1.807) is 19.0 Å². The molecule has 1 saturated heterocycles. The molecule has 0 atom stereocenters. The Morgan fingerprint density at radius 2 is 1.78 bits per heavy atom. The van der Waals surface area contributed by atoms with Crippen molar-refractivity contribution in [3.8, 4) is 0 Å². The van der Waals surface area contributed by atoms with Crippen LogP contribution < -0.4 is 16.0 Å². The van der Waals surface area contributed by atoms with Crippen molar-refractivity contribution in [2.75, 3.05) is 53.4 Å². The Kier molecular flexibility index (Phi) is 13.9. The van der Waals surface area contributed by atoms with Crippen LogP contribution in [0.3, 0.4) is 0 Å². The molecule has 0 aromatic heterocycles. The minimum atomic E-state index is -0.0305. The van der Waals surface area contributed by atoms with E-state index in [0.29, 0.717) is 12.5 Å². The van der Waals surface area contributed by atoms with Crippen molar-refractivity contribution in [3.05, 3.63) is 35.9 Å². The second-order valence-corrected chi connectivity index (χ2v) is 8.16. The molecule has 2 amide bonds. The van der Waals surface area contributed by atoms with Crippen molar-refractivity contribution in [2.45, 2.75) is 38.6 Å². The van der Waals surface area contributed by atoms with Crippen LogP contribution in [0.4, 0.5) is 0 Å². The first-order valence-electron chi connectivity index (χ1n) is 11.3. The molecule has 180 valence electrons. The highest BCUT2D eigenvalue weighted by Gasteiger charge is 2.21. The van der Waals surface area contributed by atoms with Crippen molar-refractivity contribution in [1.82, 2.24) is 25.8 Å². The lowest BCUT2D eigenvalue weighted by atomic mass is 10.1. The predicted molar refractivity (Wildman–Crippen MR) is 140 cm³/mol. The highest BCUT2D eigenvalue weighted by atomic mass is 127. The molecule has 0 radical (unpaired) electrons. The van der Waals surface area contributed by atoms with Crippen LogP contribution in [0, 0.1) is 0 Å². The number of aliphatic imine (C=N–C) groups is 1. The number of guanidine groups is 1. The molecule has 8 nitrogen and oxygen atoms in total. The van der Waals surface area contributed by atoms with Crippen molar-refractivity contribution in [2.24, 2.45) is 4.99 Å². The molecule has 1 aliphatic heterocycles. The quantitative estimate of drug-likeness (QED) is 0.230. The summed E-state index contributed by atoms with van der Waals surface area (Å²) in [7, 11) is 3.47. The van der Waals surface area contributed by atoms with Gasteiger partial charge >= 0.3 is 0 Å². The van der Waals surface area contributed by atoms with Gasteiger partial charge in [0, 0.05) is 46.3 Å². The number of benzene rings is 1. The molecule has 1 heterocycles. The molecule has 3 N–H and O–H groups in total. The third-order valence-electron chi connectivity index (χ3n) is 5.29. The fourth-order valence-electron chi connectivity index (χ4n) is 3.36. The first-order chi connectivity index (χ1) is 15.0. The average molecular weight is 559 g/mol. The largest absolute Gasteiger partial charge is 0.356 e. The van der Waals surface area contributed by atoms with Crippen molar-refractivity contribution in [1.29, 1.82) is 0 Å². The van der Waals surface area contributed by atoms with E-state index in [9.17, 15) is 9.59 Å². The molecule has 2 rings (SSSR count). The summed E-state index contributed by atoms with van der Waals surface area (Å²) >= 11 is 0. The van der Waals surface area contributed by atoms with E-state index in [1.807, 2.05) is 18.2 Å². The number of likely N-dealkylation sites (N-methyl/N-ethyl adjacent to an activating group) is 1. The van der Waals surface area contributed by atoms with Gasteiger partial charge < -0.3 is 20.9 Å². The van der Waals surface area contributed by atoms with E-state index in [4.69, 9.17) is 0 Å². The molecule has 1 aromatic rings. The Morgan fingerprint density at radius 1 is 1.09 bits per heavy atom. The number of hydrogen-bond donors (Lipinski definition) is 3. The molecule has 0 spiro atoms. The van der Waals surface area contributed by atoms with Gasteiger partial charge in [-0.25, -0.2) is 4.99 Å². The number of nitrogens with one attached hydrogen (secondary N) is 3. The van der Waals surface area contributed by atoms with Gasteiger partial charge in [0.25, 0.3) is 0 Å². The maximum atomic E-state index is 12.0. The minimum absolute atomic E-state index is 0. The van der Waals surface area contributed by atoms with Crippen molar-refractivity contribution in [3.63, 3.8) is 0 Å². The third kappa shape index (κ3) is 11.1. The van der Waals surface area contributed by atoms with Gasteiger partial charge in [0.1, 0.15) is 6.54 Å². The summed E-state index contributed by atoms with van der Waals surface area (Å²) in [4.78, 5) is 32.1. The summed E-state index contributed by atoms with van der Waals surface area (Å²) in [6.45, 7) is 5.83. The first kappa shape index (κ1) is 28.2. The van der Waals surface area contributed by atoms with E-state index in [0.717, 1.165) is 51.9 Å². The number of hydrogen-bond acceptors (Lipinski definition) is 4. The van der Waals surface area contributed by atoms with E-state index < -0.39 is 0 Å². The van der Waals surface area contributed by atoms with Crippen LogP contribution in [-0.4, -0.2) is 87.0 Å². The summed E-state index contributed by atoms with van der Waals surface area (Å²) in [5.74, 6) is 0.739. The number of nitrogens with zero attached hydrogens (tertiary/aromatic N) is 3. The Labute approximate surface area is 209 Å². The molecule has 0 bridgehead atoms. The summed E-state index contributed by atoms with van der Waals surface area (Å²) in [5, 5.41) is 9.79. The number of halogens is 1. The van der Waals surface area contributed by atoms with Gasteiger partial charge in [0.15, 0.2) is 5.96 Å². The van der Waals surface area contributed by atoms with Crippen LogP contribution >= 0.6 is 24.0 Å². The molecule has 1 aromatic carbocycles. The van der Waals surface area contributed by atoms with Gasteiger partial charge in [-0.2, -0.15) is 0 Å². The number of carbonyl (C=O) groups is 2. The monoisotopic (exact) mass is 558 g/mol. The molecule has 0 unspecified atom stereocenters. The molecule has 1 aliphatic rings. The standard InChI is InChI=1S/C23H38N6O2.HI/c1-4-13-24-21(30)18-29-15-11-20(12-16-29)27-23(26-17-22(31)28(2)3)25-14-10-19-8-6-5-7-9-19;/h5-9,20H,4,10-18H2,1-3H3,(H,24,30)(H2,25,26,27);1H. The van der Waals surface area contributed by atoms with Gasteiger partial charge in [-0.1, -0.05) is 37.3 Å². The van der Waals surface area contributed by atoms with Crippen LogP contribution in [0.5, 0.6) is 0 Å². The van der Waals surface area contributed by atoms with E-state index in [1.165, 1.54) is 5.56 Å². The van der Waals surface area contributed by atoms with Gasteiger partial charge in [0.05, 0.1) is 6.54 Å². The smallest absolute Gasteiger partial charge is 0.243 e. The van der Waals surface area contributed by atoms with Gasteiger partial charge in [-0.05, 0) is 31.2 Å². The van der Waals surface area contributed by atoms with E-state index in [-0.39, 0.29) is 48.4 Å². The Bertz CT molecular complexity index is 706. The SMILES string of the molecule is CCCNC(=O)CN1CCC(NC(=NCC(=O)N(C)C)NCCc2ccccc2)CC1.I. The Morgan fingerprint density at radius 3 is 2.41 bits per heavy atom. The maximum absolute atomic E-state index is 12.0. The van der Waals surface area contributed by atoms with Crippen LogP contribution in [0.25, 0.3) is 0 Å². The summed E-state index contributed by atoms with van der Waals surface area (Å²) < 4.78 is 0. The van der Waals surface area contributed by atoms with Gasteiger partial charge in [0.2, 0.25) is 11.8 Å². The zero-order valence-electron chi connectivity index (χ0n) is 19.6. The van der Waals surface area contributed by atoms with Crippen LogP contribution in [0.2, 0.25) is 0 Å². The molecule has 32 heavy (non-hydrogen) atoms. The lowest BCUT2D eigenvalue weighted by molar-refractivity contribution is -0.127. The van der Waals surface area contributed by atoms with Gasteiger partial charge in [-0.3, -0.25) is 14.5 Å². The highest BCUT2D eigenvalue weighted by Crippen LogP contribution is 2.10. The van der Waals surface area contributed by atoms with Crippen molar-refractivity contribution >= 4 is 41.8 Å². The number of rotatable bonds is 10. The summed E-state index contributed by atoms with van der Waals surface area (Å²) in [5.41, 5.74) is 1.26. The van der Waals surface area contributed by atoms with Crippen LogP contribution in [-0.2, 0) is 16.0 Å². The molecule has 1 fully saturated rings. The molecular formula is C23H39IN6O2. The number of amides is 2.